The van der Waals surface area contributed by atoms with Gasteiger partial charge in [0.1, 0.15) is 11.6 Å². The maximum atomic E-state index is 13.5. The van der Waals surface area contributed by atoms with Gasteiger partial charge < -0.3 is 14.7 Å². The molecule has 0 fully saturated rings. The molecule has 4 aromatic rings. The number of phenolic OH excluding ortho intramolecular Hbond substituents is 1. The molecule has 0 bridgehead atoms. The van der Waals surface area contributed by atoms with Crippen molar-refractivity contribution in [1.29, 1.82) is 0 Å². The fraction of sp³-hybridized carbons (Fsp3) is 0.0952. The van der Waals surface area contributed by atoms with Gasteiger partial charge >= 0.3 is 0 Å². The fourth-order valence-electron chi connectivity index (χ4n) is 3.17. The number of aromatic amines is 1. The minimum absolute atomic E-state index is 0.142. The zero-order chi connectivity index (χ0) is 20.7. The van der Waals surface area contributed by atoms with E-state index in [1.807, 2.05) is 6.92 Å². The molecule has 29 heavy (non-hydrogen) atoms. The molecule has 0 spiro atoms. The summed E-state index contributed by atoms with van der Waals surface area (Å²) < 4.78 is 15.3. The molecule has 4 rings (SSSR count). The second-order valence-electron chi connectivity index (χ2n) is 6.47. The minimum atomic E-state index is -0.626. The Morgan fingerprint density at radius 3 is 2.79 bits per heavy atom. The molecule has 0 saturated carbocycles. The molecule has 0 saturated heterocycles. The third kappa shape index (κ3) is 3.40. The van der Waals surface area contributed by atoms with E-state index in [2.05, 4.69) is 9.97 Å². The van der Waals surface area contributed by atoms with Crippen LogP contribution in [0.1, 0.15) is 22.8 Å². The van der Waals surface area contributed by atoms with Crippen molar-refractivity contribution < 1.29 is 14.3 Å². The van der Waals surface area contributed by atoms with Crippen molar-refractivity contribution in [2.24, 2.45) is 0 Å². The number of hydrogen-bond acceptors (Lipinski definition) is 4. The molecule has 0 aliphatic heterocycles. The van der Waals surface area contributed by atoms with Crippen LogP contribution in [0, 0.1) is 5.82 Å². The number of carbonyl (C=O) groups excluding carboxylic acids is 1. The van der Waals surface area contributed by atoms with E-state index in [4.69, 9.17) is 11.6 Å². The zero-order valence-electron chi connectivity index (χ0n) is 15.2. The van der Waals surface area contributed by atoms with E-state index in [0.29, 0.717) is 28.2 Å². The smallest absolute Gasteiger partial charge is 0.259 e. The number of rotatable bonds is 4. The van der Waals surface area contributed by atoms with Crippen molar-refractivity contribution in [2.45, 2.75) is 13.5 Å². The third-order valence-corrected chi connectivity index (χ3v) is 4.85. The predicted octanol–water partition coefficient (Wildman–Crippen LogP) is 4.14. The van der Waals surface area contributed by atoms with Crippen molar-refractivity contribution in [3.05, 3.63) is 81.0 Å². The Morgan fingerprint density at radius 1 is 1.24 bits per heavy atom. The maximum absolute atomic E-state index is 13.5. The number of halogens is 2. The van der Waals surface area contributed by atoms with Gasteiger partial charge in [0.05, 0.1) is 22.2 Å². The first-order valence-electron chi connectivity index (χ1n) is 8.80. The highest BCUT2D eigenvalue weighted by Gasteiger charge is 2.19. The Bertz CT molecular complexity index is 1330. The first kappa shape index (κ1) is 18.9. The van der Waals surface area contributed by atoms with E-state index >= 15 is 0 Å². The molecule has 2 N–H and O–H groups in total. The molecule has 0 atom stereocenters. The van der Waals surface area contributed by atoms with Gasteiger partial charge in [0, 0.05) is 23.3 Å². The van der Waals surface area contributed by atoms with Crippen LogP contribution in [0.2, 0.25) is 5.02 Å². The van der Waals surface area contributed by atoms with E-state index in [1.54, 1.807) is 35.0 Å². The van der Waals surface area contributed by atoms with E-state index in [0.717, 1.165) is 18.2 Å². The maximum Gasteiger partial charge on any atom is 0.259 e. The average molecular weight is 412 g/mol. The Morgan fingerprint density at radius 2 is 2.03 bits per heavy atom. The number of aromatic nitrogens is 3. The Labute approximate surface area is 169 Å². The van der Waals surface area contributed by atoms with Gasteiger partial charge in [-0.3, -0.25) is 9.59 Å². The molecular formula is C21H15ClFN3O3. The minimum Gasteiger partial charge on any atom is -0.507 e. The average Bonchev–Trinajstić information content (AvgIpc) is 3.13. The van der Waals surface area contributed by atoms with Crippen molar-refractivity contribution in [2.75, 3.05) is 0 Å². The SMILES string of the molecule is CCn1cc(C(=O)c2cc(F)ccc2O)cc1-c1nc2cc(Cl)ccc2c(=O)[nH]1. The van der Waals surface area contributed by atoms with Crippen LogP contribution < -0.4 is 5.56 Å². The Hall–Kier alpha value is -3.45. The highest BCUT2D eigenvalue weighted by Crippen LogP contribution is 2.26. The number of H-pyrrole nitrogens is 1. The lowest BCUT2D eigenvalue weighted by atomic mass is 10.0. The lowest BCUT2D eigenvalue weighted by Crippen LogP contribution is -2.11. The Kier molecular flexibility index (Phi) is 4.68. The summed E-state index contributed by atoms with van der Waals surface area (Å²) in [5.41, 5.74) is 0.691. The number of fused-ring (bicyclic) bond motifs is 1. The number of carbonyl (C=O) groups is 1. The van der Waals surface area contributed by atoms with Crippen LogP contribution in [0.15, 0.2) is 53.5 Å². The first-order chi connectivity index (χ1) is 13.9. The summed E-state index contributed by atoms with van der Waals surface area (Å²) in [6.45, 7) is 2.36. The number of ketones is 1. The van der Waals surface area contributed by atoms with E-state index in [-0.39, 0.29) is 28.3 Å². The number of nitrogens with zero attached hydrogens (tertiary/aromatic N) is 2. The Balaban J connectivity index is 1.85. The molecule has 0 aliphatic rings. The third-order valence-electron chi connectivity index (χ3n) is 4.61. The van der Waals surface area contributed by atoms with Gasteiger partial charge in [-0.1, -0.05) is 11.6 Å². The standard InChI is InChI=1S/C21H15ClFN3O3/c1-2-26-10-11(19(28)15-9-13(23)4-6-18(15)27)7-17(26)20-24-16-8-12(22)3-5-14(16)21(29)25-20/h3-10,27H,2H2,1H3,(H,24,25,29). The molecule has 0 unspecified atom stereocenters. The number of phenols is 1. The van der Waals surface area contributed by atoms with E-state index < -0.39 is 11.6 Å². The number of aryl methyl sites for hydroxylation is 1. The quantitative estimate of drug-likeness (QED) is 0.494. The van der Waals surface area contributed by atoms with Gasteiger partial charge in [0.15, 0.2) is 11.6 Å². The van der Waals surface area contributed by atoms with Crippen molar-refractivity contribution in [3.8, 4) is 17.3 Å². The van der Waals surface area contributed by atoms with Gasteiger partial charge in [-0.25, -0.2) is 9.37 Å². The molecule has 146 valence electrons. The van der Waals surface area contributed by atoms with Crippen molar-refractivity contribution in [1.82, 2.24) is 14.5 Å². The molecular weight excluding hydrogens is 397 g/mol. The van der Waals surface area contributed by atoms with Gasteiger partial charge in [0.2, 0.25) is 0 Å². The normalized spacial score (nSPS) is 11.1. The fourth-order valence-corrected chi connectivity index (χ4v) is 3.34. The molecule has 2 aromatic carbocycles. The monoisotopic (exact) mass is 411 g/mol. The molecule has 0 radical (unpaired) electrons. The molecule has 0 amide bonds. The number of aromatic hydroxyl groups is 1. The summed E-state index contributed by atoms with van der Waals surface area (Å²) in [5, 5.41) is 10.8. The highest BCUT2D eigenvalue weighted by molar-refractivity contribution is 6.31. The summed E-state index contributed by atoms with van der Waals surface area (Å²) >= 11 is 6.01. The lowest BCUT2D eigenvalue weighted by Gasteiger charge is -2.06. The van der Waals surface area contributed by atoms with Gasteiger partial charge in [-0.15, -0.1) is 0 Å². The van der Waals surface area contributed by atoms with Gasteiger partial charge in [0.25, 0.3) is 5.56 Å². The van der Waals surface area contributed by atoms with Crippen LogP contribution in [0.4, 0.5) is 4.39 Å². The molecule has 8 heteroatoms. The van der Waals surface area contributed by atoms with Crippen molar-refractivity contribution >= 4 is 28.3 Å². The predicted molar refractivity (Wildman–Crippen MR) is 108 cm³/mol. The topological polar surface area (TPSA) is 88.0 Å². The van der Waals surface area contributed by atoms with Crippen LogP contribution in [-0.2, 0) is 6.54 Å². The number of hydrogen-bond donors (Lipinski definition) is 2. The van der Waals surface area contributed by atoms with Gasteiger partial charge in [-0.05, 0) is 49.4 Å². The lowest BCUT2D eigenvalue weighted by molar-refractivity contribution is 0.103. The summed E-state index contributed by atoms with van der Waals surface area (Å²) in [7, 11) is 0. The van der Waals surface area contributed by atoms with Gasteiger partial charge in [-0.2, -0.15) is 0 Å². The molecule has 6 nitrogen and oxygen atoms in total. The molecule has 0 aliphatic carbocycles. The van der Waals surface area contributed by atoms with Crippen LogP contribution >= 0.6 is 11.6 Å². The number of benzene rings is 2. The van der Waals surface area contributed by atoms with Crippen LogP contribution in [0.25, 0.3) is 22.4 Å². The van der Waals surface area contributed by atoms with Crippen molar-refractivity contribution in [3.63, 3.8) is 0 Å². The van der Waals surface area contributed by atoms with E-state index in [9.17, 15) is 19.1 Å². The van der Waals surface area contributed by atoms with Crippen LogP contribution in [0.5, 0.6) is 5.75 Å². The first-order valence-corrected chi connectivity index (χ1v) is 9.18. The largest absolute Gasteiger partial charge is 0.507 e. The summed E-state index contributed by atoms with van der Waals surface area (Å²) in [5.74, 6) is -1.21. The summed E-state index contributed by atoms with van der Waals surface area (Å²) in [6, 6.07) is 9.52. The highest BCUT2D eigenvalue weighted by atomic mass is 35.5. The van der Waals surface area contributed by atoms with Crippen LogP contribution in [0.3, 0.4) is 0 Å². The summed E-state index contributed by atoms with van der Waals surface area (Å²) in [4.78, 5) is 32.4. The second kappa shape index (κ2) is 7.18. The summed E-state index contributed by atoms with van der Waals surface area (Å²) in [6.07, 6.45) is 1.57. The molecule has 2 heterocycles. The van der Waals surface area contributed by atoms with E-state index in [1.165, 1.54) is 0 Å². The second-order valence-corrected chi connectivity index (χ2v) is 6.90. The van der Waals surface area contributed by atoms with Crippen LogP contribution in [-0.4, -0.2) is 25.4 Å². The molecule has 2 aromatic heterocycles. The zero-order valence-corrected chi connectivity index (χ0v) is 16.0. The number of nitrogens with one attached hydrogen (secondary N) is 1.